The molecule has 2 aromatic rings. The highest BCUT2D eigenvalue weighted by Gasteiger charge is 2.15. The summed E-state index contributed by atoms with van der Waals surface area (Å²) in [6.07, 6.45) is -0.641. The summed E-state index contributed by atoms with van der Waals surface area (Å²) in [5.41, 5.74) is 6.99. The lowest BCUT2D eigenvalue weighted by molar-refractivity contribution is -0.122. The summed E-state index contributed by atoms with van der Waals surface area (Å²) in [5, 5.41) is 2.78. The molecule has 0 fully saturated rings. The molecule has 1 amide bonds. The highest BCUT2D eigenvalue weighted by atomic mass is 16.5. The van der Waals surface area contributed by atoms with Crippen LogP contribution in [0.1, 0.15) is 6.92 Å². The fourth-order valence-electron chi connectivity index (χ4n) is 1.81. The molecule has 0 heterocycles. The van der Waals surface area contributed by atoms with E-state index in [1.165, 1.54) is 0 Å². The molecule has 5 nitrogen and oxygen atoms in total. The molecule has 0 saturated heterocycles. The lowest BCUT2D eigenvalue weighted by atomic mass is 10.2. The monoisotopic (exact) mass is 286 g/mol. The van der Waals surface area contributed by atoms with E-state index in [9.17, 15) is 4.79 Å². The first kappa shape index (κ1) is 14.7. The molecule has 0 aliphatic heterocycles. The Morgan fingerprint density at radius 1 is 1.19 bits per heavy atom. The summed E-state index contributed by atoms with van der Waals surface area (Å²) in [5.74, 6) is 0.864. The van der Waals surface area contributed by atoms with Crippen LogP contribution in [0.4, 0.5) is 11.4 Å². The minimum atomic E-state index is -0.641. The van der Waals surface area contributed by atoms with Gasteiger partial charge in [0.1, 0.15) is 11.5 Å². The molecule has 21 heavy (non-hydrogen) atoms. The number of nitrogens with one attached hydrogen (secondary N) is 1. The first-order valence-corrected chi connectivity index (χ1v) is 6.56. The molecular weight excluding hydrogens is 268 g/mol. The summed E-state index contributed by atoms with van der Waals surface area (Å²) in [4.78, 5) is 12.0. The second-order valence-electron chi connectivity index (χ2n) is 4.52. The fraction of sp³-hybridized carbons (Fsp3) is 0.188. The van der Waals surface area contributed by atoms with Gasteiger partial charge >= 0.3 is 0 Å². The molecule has 0 radical (unpaired) electrons. The molecule has 5 heteroatoms. The van der Waals surface area contributed by atoms with Gasteiger partial charge in [-0.25, -0.2) is 0 Å². The van der Waals surface area contributed by atoms with E-state index in [1.807, 2.05) is 30.3 Å². The van der Waals surface area contributed by atoms with E-state index in [1.54, 1.807) is 32.2 Å². The number of nitrogens with two attached hydrogens (primary N) is 1. The van der Waals surface area contributed by atoms with Crippen molar-refractivity contribution in [2.75, 3.05) is 18.2 Å². The number of carbonyl (C=O) groups is 1. The van der Waals surface area contributed by atoms with Gasteiger partial charge in [-0.15, -0.1) is 0 Å². The van der Waals surface area contributed by atoms with E-state index >= 15 is 0 Å². The van der Waals surface area contributed by atoms with Crippen LogP contribution in [0.25, 0.3) is 0 Å². The zero-order valence-corrected chi connectivity index (χ0v) is 12.0. The van der Waals surface area contributed by atoms with E-state index in [-0.39, 0.29) is 5.91 Å². The van der Waals surface area contributed by atoms with Crippen LogP contribution < -0.4 is 20.5 Å². The van der Waals surface area contributed by atoms with E-state index < -0.39 is 6.10 Å². The second kappa shape index (κ2) is 6.65. The van der Waals surface area contributed by atoms with Gasteiger partial charge in [0.15, 0.2) is 6.10 Å². The van der Waals surface area contributed by atoms with Crippen LogP contribution in [-0.4, -0.2) is 19.1 Å². The Balaban J connectivity index is 1.99. The van der Waals surface area contributed by atoms with Crippen molar-refractivity contribution in [2.24, 2.45) is 0 Å². The Hall–Kier alpha value is -2.69. The number of amides is 1. The number of hydrogen-bond acceptors (Lipinski definition) is 4. The zero-order valence-electron chi connectivity index (χ0n) is 12.0. The Labute approximate surface area is 123 Å². The number of anilines is 2. The number of ether oxygens (including phenoxy) is 2. The van der Waals surface area contributed by atoms with Gasteiger partial charge in [0.2, 0.25) is 0 Å². The smallest absolute Gasteiger partial charge is 0.265 e. The molecule has 2 rings (SSSR count). The summed E-state index contributed by atoms with van der Waals surface area (Å²) < 4.78 is 10.7. The van der Waals surface area contributed by atoms with Crippen LogP contribution in [0.15, 0.2) is 48.5 Å². The van der Waals surface area contributed by atoms with Crippen molar-refractivity contribution in [3.05, 3.63) is 48.5 Å². The zero-order chi connectivity index (χ0) is 15.2. The van der Waals surface area contributed by atoms with Crippen LogP contribution in [0, 0.1) is 0 Å². The van der Waals surface area contributed by atoms with Crippen molar-refractivity contribution in [1.82, 2.24) is 0 Å². The topological polar surface area (TPSA) is 73.6 Å². The van der Waals surface area contributed by atoms with E-state index in [0.29, 0.717) is 17.2 Å². The normalized spacial score (nSPS) is 11.5. The van der Waals surface area contributed by atoms with Crippen molar-refractivity contribution < 1.29 is 14.3 Å². The van der Waals surface area contributed by atoms with Crippen LogP contribution in [-0.2, 0) is 4.79 Å². The SMILES string of the molecule is COc1ccc(OC(C)C(=O)Nc2ccccc2)cc1N. The molecule has 0 spiro atoms. The molecule has 0 saturated carbocycles. The van der Waals surface area contributed by atoms with Crippen LogP contribution in [0.5, 0.6) is 11.5 Å². The Morgan fingerprint density at radius 3 is 2.52 bits per heavy atom. The van der Waals surface area contributed by atoms with Crippen molar-refractivity contribution in [2.45, 2.75) is 13.0 Å². The first-order valence-electron chi connectivity index (χ1n) is 6.56. The maximum Gasteiger partial charge on any atom is 0.265 e. The average Bonchev–Trinajstić information content (AvgIpc) is 2.48. The van der Waals surface area contributed by atoms with Crippen LogP contribution in [0.2, 0.25) is 0 Å². The summed E-state index contributed by atoms with van der Waals surface area (Å²) in [7, 11) is 1.54. The van der Waals surface area contributed by atoms with Gasteiger partial charge in [0.25, 0.3) is 5.91 Å². The number of nitrogen functional groups attached to an aromatic ring is 1. The Morgan fingerprint density at radius 2 is 1.90 bits per heavy atom. The molecule has 1 unspecified atom stereocenters. The molecule has 1 atom stereocenters. The number of rotatable bonds is 5. The van der Waals surface area contributed by atoms with Gasteiger partial charge in [-0.05, 0) is 31.2 Å². The van der Waals surface area contributed by atoms with Gasteiger partial charge < -0.3 is 20.5 Å². The number of para-hydroxylation sites is 1. The number of methoxy groups -OCH3 is 1. The summed E-state index contributed by atoms with van der Waals surface area (Å²) >= 11 is 0. The lowest BCUT2D eigenvalue weighted by Gasteiger charge is -2.15. The molecule has 3 N–H and O–H groups in total. The van der Waals surface area contributed by atoms with Gasteiger partial charge in [-0.3, -0.25) is 4.79 Å². The first-order chi connectivity index (χ1) is 10.1. The Bertz CT molecular complexity index is 614. The van der Waals surface area contributed by atoms with E-state index in [2.05, 4.69) is 5.32 Å². The summed E-state index contributed by atoms with van der Waals surface area (Å²) in [6.45, 7) is 1.68. The second-order valence-corrected chi connectivity index (χ2v) is 4.52. The van der Waals surface area contributed by atoms with Gasteiger partial charge in [0, 0.05) is 11.8 Å². The predicted octanol–water partition coefficient (Wildman–Crippen LogP) is 2.68. The quantitative estimate of drug-likeness (QED) is 0.829. The van der Waals surface area contributed by atoms with Gasteiger partial charge in [-0.2, -0.15) is 0 Å². The van der Waals surface area contributed by atoms with E-state index in [0.717, 1.165) is 5.69 Å². The standard InChI is InChI=1S/C16H18N2O3/c1-11(16(19)18-12-6-4-3-5-7-12)21-13-8-9-15(20-2)14(17)10-13/h3-11H,17H2,1-2H3,(H,18,19). The minimum absolute atomic E-state index is 0.226. The minimum Gasteiger partial charge on any atom is -0.495 e. The van der Waals surface area contributed by atoms with Crippen molar-refractivity contribution in [3.63, 3.8) is 0 Å². The van der Waals surface area contributed by atoms with Crippen molar-refractivity contribution >= 4 is 17.3 Å². The van der Waals surface area contributed by atoms with Crippen molar-refractivity contribution in [1.29, 1.82) is 0 Å². The fourth-order valence-corrected chi connectivity index (χ4v) is 1.81. The third-order valence-electron chi connectivity index (χ3n) is 2.92. The maximum absolute atomic E-state index is 12.0. The molecular formula is C16H18N2O3. The third kappa shape index (κ3) is 3.89. The molecule has 110 valence electrons. The average molecular weight is 286 g/mol. The predicted molar refractivity (Wildman–Crippen MR) is 82.6 cm³/mol. The molecule has 0 aliphatic carbocycles. The van der Waals surface area contributed by atoms with Crippen molar-refractivity contribution in [3.8, 4) is 11.5 Å². The number of hydrogen-bond donors (Lipinski definition) is 2. The third-order valence-corrected chi connectivity index (χ3v) is 2.92. The van der Waals surface area contributed by atoms with Gasteiger partial charge in [-0.1, -0.05) is 18.2 Å². The highest BCUT2D eigenvalue weighted by Crippen LogP contribution is 2.26. The molecule has 0 aromatic heterocycles. The number of benzene rings is 2. The van der Waals surface area contributed by atoms with Crippen LogP contribution >= 0.6 is 0 Å². The Kier molecular flexibility index (Phi) is 4.66. The van der Waals surface area contributed by atoms with E-state index in [4.69, 9.17) is 15.2 Å². The molecule has 2 aromatic carbocycles. The highest BCUT2D eigenvalue weighted by molar-refractivity contribution is 5.94. The summed E-state index contributed by atoms with van der Waals surface area (Å²) in [6, 6.07) is 14.3. The molecule has 0 bridgehead atoms. The number of carbonyl (C=O) groups excluding carboxylic acids is 1. The maximum atomic E-state index is 12.0. The molecule has 0 aliphatic rings. The van der Waals surface area contributed by atoms with Crippen LogP contribution in [0.3, 0.4) is 0 Å². The lowest BCUT2D eigenvalue weighted by Crippen LogP contribution is -2.30. The van der Waals surface area contributed by atoms with Gasteiger partial charge in [0.05, 0.1) is 12.8 Å². The largest absolute Gasteiger partial charge is 0.495 e.